The van der Waals surface area contributed by atoms with E-state index in [-0.39, 0.29) is 11.3 Å². The summed E-state index contributed by atoms with van der Waals surface area (Å²) in [5.41, 5.74) is 11.9. The van der Waals surface area contributed by atoms with Gasteiger partial charge in [0.15, 0.2) is 0 Å². The summed E-state index contributed by atoms with van der Waals surface area (Å²) in [6, 6.07) is 26.0. The molecule has 0 aliphatic carbocycles. The molecule has 0 fully saturated rings. The molecule has 0 bridgehead atoms. The maximum absolute atomic E-state index is 14.1. The summed E-state index contributed by atoms with van der Waals surface area (Å²) in [5, 5.41) is 0. The average molecular weight is 658 g/mol. The number of aryl methyl sites for hydroxylation is 3. The van der Waals surface area contributed by atoms with Gasteiger partial charge in [0.25, 0.3) is 0 Å². The van der Waals surface area contributed by atoms with Crippen LogP contribution < -0.4 is 5.73 Å². The minimum atomic E-state index is -4.61. The predicted molar refractivity (Wildman–Crippen MR) is 183 cm³/mol. The molecule has 9 heteroatoms. The number of alkyl halides is 6. The number of nitrogens with zero attached hydrogens (tertiary/aromatic N) is 2. The van der Waals surface area contributed by atoms with Crippen LogP contribution >= 0.6 is 0 Å². The summed E-state index contributed by atoms with van der Waals surface area (Å²) in [7, 11) is 0. The van der Waals surface area contributed by atoms with Crippen molar-refractivity contribution in [1.29, 1.82) is 0 Å². The monoisotopic (exact) mass is 657 g/mol. The largest absolute Gasteiger partial charge is 0.418 e. The first-order valence-electron chi connectivity index (χ1n) is 15.1. The van der Waals surface area contributed by atoms with Gasteiger partial charge in [-0.1, -0.05) is 54.6 Å². The van der Waals surface area contributed by atoms with Crippen LogP contribution in [0.1, 0.15) is 52.8 Å². The molecule has 0 unspecified atom stereocenters. The summed E-state index contributed by atoms with van der Waals surface area (Å²) < 4.78 is 82.7. The van der Waals surface area contributed by atoms with Gasteiger partial charge in [-0.3, -0.25) is 9.98 Å². The molecule has 3 nitrogen and oxygen atoms in total. The van der Waals surface area contributed by atoms with Crippen LogP contribution in [0, 0.1) is 20.8 Å². The zero-order valence-corrected chi connectivity index (χ0v) is 27.0. The number of nitrogens with two attached hydrogens (primary N) is 1. The van der Waals surface area contributed by atoms with Crippen molar-refractivity contribution in [3.63, 3.8) is 0 Å². The molecular formula is C39H33F6N3. The summed E-state index contributed by atoms with van der Waals surface area (Å²) in [4.78, 5) is 9.09. The van der Waals surface area contributed by atoms with Crippen molar-refractivity contribution in [2.75, 3.05) is 5.73 Å². The number of hydrogen-bond acceptors (Lipinski definition) is 3. The standard InChI is InChI=1S/C39H33F6N3/c1-22-6-7-31(20-33(22)38(40,41)42)30-13-16-36(24(3)19-30)47-25(4)27-8-10-28(11-9-27)26(5)48-37-17-14-32(21-34(37)39(43,44)45)29-12-15-35(46)23(2)18-29/h6-21H,46H2,1-5H3/b47-25+,48-26+. The summed E-state index contributed by atoms with van der Waals surface area (Å²) in [5.74, 6) is 0. The van der Waals surface area contributed by atoms with Gasteiger partial charge in [-0.2, -0.15) is 26.3 Å². The Hall–Kier alpha value is -5.18. The average Bonchev–Trinajstić information content (AvgIpc) is 3.02. The Bertz CT molecular complexity index is 2050. The van der Waals surface area contributed by atoms with Crippen molar-refractivity contribution in [2.45, 2.75) is 47.0 Å². The molecule has 0 saturated carbocycles. The molecule has 0 saturated heterocycles. The Labute approximate surface area is 275 Å². The van der Waals surface area contributed by atoms with E-state index in [9.17, 15) is 26.3 Å². The first-order chi connectivity index (χ1) is 22.5. The second kappa shape index (κ2) is 13.1. The highest BCUT2D eigenvalue weighted by molar-refractivity contribution is 6.03. The van der Waals surface area contributed by atoms with Crippen LogP contribution in [0.15, 0.2) is 107 Å². The fourth-order valence-electron chi connectivity index (χ4n) is 5.41. The van der Waals surface area contributed by atoms with E-state index in [0.29, 0.717) is 50.6 Å². The zero-order valence-electron chi connectivity index (χ0n) is 27.0. The zero-order chi connectivity index (χ0) is 35.0. The molecule has 5 aromatic rings. The number of aliphatic imine (C=N–C) groups is 2. The van der Waals surface area contributed by atoms with Crippen molar-refractivity contribution < 1.29 is 26.3 Å². The third-order valence-corrected chi connectivity index (χ3v) is 8.27. The van der Waals surface area contributed by atoms with Crippen LogP contribution in [-0.4, -0.2) is 11.4 Å². The van der Waals surface area contributed by atoms with Crippen molar-refractivity contribution >= 4 is 28.5 Å². The van der Waals surface area contributed by atoms with Crippen molar-refractivity contribution in [1.82, 2.24) is 0 Å². The van der Waals surface area contributed by atoms with Crippen LogP contribution in [0.3, 0.4) is 0 Å². The van der Waals surface area contributed by atoms with Crippen molar-refractivity contribution in [2.24, 2.45) is 9.98 Å². The lowest BCUT2D eigenvalue weighted by Crippen LogP contribution is -2.07. The molecule has 48 heavy (non-hydrogen) atoms. The Morgan fingerprint density at radius 1 is 0.479 bits per heavy atom. The van der Waals surface area contributed by atoms with E-state index in [1.54, 1.807) is 74.5 Å². The Kier molecular flexibility index (Phi) is 9.35. The quantitative estimate of drug-likeness (QED) is 0.110. The van der Waals surface area contributed by atoms with Gasteiger partial charge in [0.1, 0.15) is 0 Å². The van der Waals surface area contributed by atoms with Gasteiger partial charge in [-0.15, -0.1) is 0 Å². The fourth-order valence-corrected chi connectivity index (χ4v) is 5.41. The second-order valence-corrected chi connectivity index (χ2v) is 11.8. The van der Waals surface area contributed by atoms with Gasteiger partial charge in [-0.05, 0) is 127 Å². The van der Waals surface area contributed by atoms with E-state index >= 15 is 0 Å². The molecule has 0 radical (unpaired) electrons. The highest BCUT2D eigenvalue weighted by Gasteiger charge is 2.34. The number of anilines is 1. The third-order valence-electron chi connectivity index (χ3n) is 8.27. The molecule has 2 N–H and O–H groups in total. The van der Waals surface area contributed by atoms with Gasteiger partial charge in [0.2, 0.25) is 0 Å². The molecule has 0 aromatic heterocycles. The highest BCUT2D eigenvalue weighted by Crippen LogP contribution is 2.40. The minimum absolute atomic E-state index is 0.164. The molecular weight excluding hydrogens is 624 g/mol. The predicted octanol–water partition coefficient (Wildman–Crippen LogP) is 11.8. The van der Waals surface area contributed by atoms with Crippen LogP contribution in [0.25, 0.3) is 22.3 Å². The van der Waals surface area contributed by atoms with E-state index in [1.165, 1.54) is 19.1 Å². The second-order valence-electron chi connectivity index (χ2n) is 11.8. The topological polar surface area (TPSA) is 50.7 Å². The van der Waals surface area contributed by atoms with Gasteiger partial charge in [0.05, 0.1) is 22.5 Å². The fraction of sp³-hybridized carbons (Fsp3) is 0.179. The lowest BCUT2D eigenvalue weighted by atomic mass is 9.98. The molecule has 246 valence electrons. The summed E-state index contributed by atoms with van der Waals surface area (Å²) >= 11 is 0. The van der Waals surface area contributed by atoms with Gasteiger partial charge in [0, 0.05) is 17.1 Å². The van der Waals surface area contributed by atoms with E-state index in [1.807, 2.05) is 26.0 Å². The lowest BCUT2D eigenvalue weighted by molar-refractivity contribution is -0.138. The first-order valence-corrected chi connectivity index (χ1v) is 15.1. The molecule has 0 spiro atoms. The van der Waals surface area contributed by atoms with E-state index < -0.39 is 23.5 Å². The normalized spacial score (nSPS) is 12.8. The van der Waals surface area contributed by atoms with Crippen molar-refractivity contribution in [3.8, 4) is 22.3 Å². The summed E-state index contributed by atoms with van der Waals surface area (Å²) in [6.07, 6.45) is -9.05. The smallest absolute Gasteiger partial charge is 0.399 e. The number of nitrogen functional groups attached to an aromatic ring is 1. The molecule has 0 heterocycles. The molecule has 0 aliphatic heterocycles. The Morgan fingerprint density at radius 2 is 0.896 bits per heavy atom. The lowest BCUT2D eigenvalue weighted by Gasteiger charge is -2.14. The Balaban J connectivity index is 1.38. The highest BCUT2D eigenvalue weighted by atomic mass is 19.4. The number of rotatable bonds is 6. The number of hydrogen-bond donors (Lipinski definition) is 1. The molecule has 0 amide bonds. The van der Waals surface area contributed by atoms with E-state index in [2.05, 4.69) is 4.99 Å². The minimum Gasteiger partial charge on any atom is -0.399 e. The molecule has 0 atom stereocenters. The van der Waals surface area contributed by atoms with Crippen LogP contribution in [0.4, 0.5) is 43.4 Å². The van der Waals surface area contributed by atoms with E-state index in [0.717, 1.165) is 28.8 Å². The summed E-state index contributed by atoms with van der Waals surface area (Å²) in [6.45, 7) is 8.57. The molecule has 5 rings (SSSR count). The SMILES string of the molecule is C/C(=N\c1ccc(-c2ccc(C)c(C(F)(F)F)c2)cc1C)c1ccc(/C(C)=N/c2ccc(-c3ccc(N)c(C)c3)cc2C(F)(F)F)cc1. The van der Waals surface area contributed by atoms with Crippen LogP contribution in [0.2, 0.25) is 0 Å². The number of benzene rings is 5. The first kappa shape index (κ1) is 34.2. The molecule has 0 aliphatic rings. The van der Waals surface area contributed by atoms with Gasteiger partial charge >= 0.3 is 12.4 Å². The van der Waals surface area contributed by atoms with Gasteiger partial charge in [-0.25, -0.2) is 0 Å². The maximum atomic E-state index is 14.1. The van der Waals surface area contributed by atoms with Crippen LogP contribution in [-0.2, 0) is 12.4 Å². The third kappa shape index (κ3) is 7.51. The van der Waals surface area contributed by atoms with Crippen LogP contribution in [0.5, 0.6) is 0 Å². The Morgan fingerprint density at radius 3 is 1.40 bits per heavy atom. The van der Waals surface area contributed by atoms with E-state index in [4.69, 9.17) is 10.7 Å². The van der Waals surface area contributed by atoms with Crippen molar-refractivity contribution in [3.05, 3.63) is 136 Å². The molecule has 5 aromatic carbocycles. The maximum Gasteiger partial charge on any atom is 0.418 e. The van der Waals surface area contributed by atoms with Gasteiger partial charge < -0.3 is 5.73 Å². The number of halogens is 6.